The van der Waals surface area contributed by atoms with Crippen molar-refractivity contribution in [2.75, 3.05) is 32.5 Å². The van der Waals surface area contributed by atoms with E-state index in [0.717, 1.165) is 37.6 Å². The molecule has 1 aliphatic rings. The molecule has 1 aromatic heterocycles. The van der Waals surface area contributed by atoms with E-state index in [1.54, 1.807) is 0 Å². The Hall–Kier alpha value is -1.42. The van der Waals surface area contributed by atoms with Crippen LogP contribution in [-0.4, -0.2) is 42.1 Å². The van der Waals surface area contributed by atoms with Gasteiger partial charge in [-0.3, -0.25) is 0 Å². The van der Waals surface area contributed by atoms with E-state index in [9.17, 15) is 0 Å². The Bertz CT molecular complexity index is 423. The van der Waals surface area contributed by atoms with E-state index < -0.39 is 0 Å². The van der Waals surface area contributed by atoms with Gasteiger partial charge in [0.1, 0.15) is 0 Å². The topological polar surface area (TPSA) is 41.1 Å². The van der Waals surface area contributed by atoms with E-state index in [4.69, 9.17) is 0 Å². The molecule has 0 bridgehead atoms. The number of nitrogens with zero attached hydrogens (tertiary/aromatic N) is 3. The summed E-state index contributed by atoms with van der Waals surface area (Å²) in [6.45, 7) is 4.02. The quantitative estimate of drug-likeness (QED) is 0.859. The third kappa shape index (κ3) is 3.27. The van der Waals surface area contributed by atoms with Crippen LogP contribution in [0.25, 0.3) is 6.08 Å². The van der Waals surface area contributed by atoms with Crippen molar-refractivity contribution in [1.29, 1.82) is 0 Å². The molecule has 4 heteroatoms. The minimum Gasteiger partial charge on any atom is -0.353 e. The molecule has 1 aliphatic carbocycles. The first-order valence-electron chi connectivity index (χ1n) is 6.07. The maximum absolute atomic E-state index is 4.56. The fraction of sp³-hybridized carbons (Fsp3) is 0.538. The molecule has 0 saturated carbocycles. The molecule has 0 amide bonds. The highest BCUT2D eigenvalue weighted by Crippen LogP contribution is 2.21. The third-order valence-electron chi connectivity index (χ3n) is 2.90. The molecule has 1 N–H and O–H groups in total. The van der Waals surface area contributed by atoms with Crippen LogP contribution >= 0.6 is 0 Å². The van der Waals surface area contributed by atoms with Crippen LogP contribution in [0.4, 0.5) is 5.95 Å². The maximum atomic E-state index is 4.56. The van der Waals surface area contributed by atoms with Crippen molar-refractivity contribution in [2.45, 2.75) is 19.8 Å². The lowest BCUT2D eigenvalue weighted by Gasteiger charge is -2.14. The molecule has 2 rings (SSSR count). The number of aromatic nitrogens is 2. The first-order chi connectivity index (χ1) is 8.15. The predicted molar refractivity (Wildman–Crippen MR) is 71.0 cm³/mol. The highest BCUT2D eigenvalue weighted by molar-refractivity contribution is 5.57. The summed E-state index contributed by atoms with van der Waals surface area (Å²) in [5.74, 6) is 0.749. The summed E-state index contributed by atoms with van der Waals surface area (Å²) >= 11 is 0. The Kier molecular flexibility index (Phi) is 3.74. The molecule has 92 valence electrons. The summed E-state index contributed by atoms with van der Waals surface area (Å²) in [7, 11) is 4.12. The molecular weight excluding hydrogens is 212 g/mol. The summed E-state index contributed by atoms with van der Waals surface area (Å²) in [5, 5.41) is 3.25. The molecule has 0 radical (unpaired) electrons. The zero-order chi connectivity index (χ0) is 12.3. The van der Waals surface area contributed by atoms with Crippen molar-refractivity contribution < 1.29 is 0 Å². The number of likely N-dealkylation sites (N-methyl/N-ethyl adjacent to an activating group) is 1. The van der Waals surface area contributed by atoms with Crippen LogP contribution in [0.15, 0.2) is 11.8 Å². The van der Waals surface area contributed by atoms with Crippen molar-refractivity contribution in [3.05, 3.63) is 23.0 Å². The monoisotopic (exact) mass is 232 g/mol. The van der Waals surface area contributed by atoms with Crippen molar-refractivity contribution in [1.82, 2.24) is 14.9 Å². The lowest BCUT2D eigenvalue weighted by atomic mass is 9.99. The van der Waals surface area contributed by atoms with Gasteiger partial charge in [-0.25, -0.2) is 9.97 Å². The number of nitrogens with one attached hydrogen (secondary N) is 1. The predicted octanol–water partition coefficient (Wildman–Crippen LogP) is 1.80. The molecule has 0 saturated heterocycles. The maximum Gasteiger partial charge on any atom is 0.222 e. The van der Waals surface area contributed by atoms with Crippen LogP contribution in [0, 0.1) is 0 Å². The molecule has 0 spiro atoms. The van der Waals surface area contributed by atoms with Gasteiger partial charge in [0.15, 0.2) is 0 Å². The van der Waals surface area contributed by atoms with E-state index >= 15 is 0 Å². The van der Waals surface area contributed by atoms with Gasteiger partial charge in [0.25, 0.3) is 0 Å². The summed E-state index contributed by atoms with van der Waals surface area (Å²) in [5.41, 5.74) is 3.75. The van der Waals surface area contributed by atoms with Gasteiger partial charge in [-0.05, 0) is 33.9 Å². The first kappa shape index (κ1) is 12.0. The summed E-state index contributed by atoms with van der Waals surface area (Å²) in [6, 6.07) is 0. The third-order valence-corrected chi connectivity index (χ3v) is 2.90. The second-order valence-corrected chi connectivity index (χ2v) is 4.82. The van der Waals surface area contributed by atoms with E-state index in [1.165, 1.54) is 11.1 Å². The molecule has 17 heavy (non-hydrogen) atoms. The lowest BCUT2D eigenvalue weighted by Crippen LogP contribution is -2.21. The summed E-state index contributed by atoms with van der Waals surface area (Å²) in [6.07, 6.45) is 6.25. The highest BCUT2D eigenvalue weighted by Gasteiger charge is 2.10. The minimum atomic E-state index is 0.749. The summed E-state index contributed by atoms with van der Waals surface area (Å²) < 4.78 is 0. The zero-order valence-corrected chi connectivity index (χ0v) is 10.8. The first-order valence-corrected chi connectivity index (χ1v) is 6.07. The number of hydrogen-bond donors (Lipinski definition) is 1. The fourth-order valence-corrected chi connectivity index (χ4v) is 1.88. The molecule has 0 aliphatic heterocycles. The largest absolute Gasteiger partial charge is 0.353 e. The van der Waals surface area contributed by atoms with Crippen LogP contribution < -0.4 is 5.32 Å². The number of anilines is 1. The highest BCUT2D eigenvalue weighted by atomic mass is 15.1. The van der Waals surface area contributed by atoms with Gasteiger partial charge in [0, 0.05) is 24.8 Å². The second-order valence-electron chi connectivity index (χ2n) is 4.82. The van der Waals surface area contributed by atoms with Crippen molar-refractivity contribution in [3.8, 4) is 0 Å². The number of allylic oxidation sites excluding steroid dienone is 1. The Morgan fingerprint density at radius 2 is 2.18 bits per heavy atom. The van der Waals surface area contributed by atoms with Crippen LogP contribution in [0.5, 0.6) is 0 Å². The average Bonchev–Trinajstić information content (AvgIpc) is 2.29. The normalized spacial score (nSPS) is 14.5. The van der Waals surface area contributed by atoms with Crippen LogP contribution in [0.2, 0.25) is 0 Å². The number of aryl methyl sites for hydroxylation is 1. The molecule has 0 unspecified atom stereocenters. The van der Waals surface area contributed by atoms with Gasteiger partial charge >= 0.3 is 0 Å². The Morgan fingerprint density at radius 3 is 2.94 bits per heavy atom. The van der Waals surface area contributed by atoms with Gasteiger partial charge in [0.05, 0.1) is 5.69 Å². The van der Waals surface area contributed by atoms with Gasteiger partial charge in [-0.1, -0.05) is 11.6 Å². The molecule has 4 nitrogen and oxygen atoms in total. The Labute approximate surface area is 103 Å². The minimum absolute atomic E-state index is 0.749. The molecule has 1 heterocycles. The van der Waals surface area contributed by atoms with E-state index in [2.05, 4.69) is 47.3 Å². The molecule has 0 atom stereocenters. The van der Waals surface area contributed by atoms with E-state index in [1.807, 2.05) is 6.20 Å². The Balaban J connectivity index is 2.02. The molecule has 0 aromatic carbocycles. The summed E-state index contributed by atoms with van der Waals surface area (Å²) in [4.78, 5) is 11.0. The lowest BCUT2D eigenvalue weighted by molar-refractivity contribution is 0.425. The van der Waals surface area contributed by atoms with Gasteiger partial charge in [-0.15, -0.1) is 0 Å². The molecular formula is C13H20N4. The standard InChI is InChI=1S/C13H20N4/c1-10-4-5-12-11(8-10)9-15-13(16-12)14-6-7-17(2)3/h8-9H,4-7H2,1-3H3,(H,14,15,16). The number of hydrogen-bond acceptors (Lipinski definition) is 4. The van der Waals surface area contributed by atoms with Crippen LogP contribution in [-0.2, 0) is 6.42 Å². The molecule has 0 fully saturated rings. The van der Waals surface area contributed by atoms with E-state index in [-0.39, 0.29) is 0 Å². The second kappa shape index (κ2) is 5.27. The van der Waals surface area contributed by atoms with Crippen molar-refractivity contribution in [3.63, 3.8) is 0 Å². The van der Waals surface area contributed by atoms with Gasteiger partial charge in [-0.2, -0.15) is 0 Å². The fourth-order valence-electron chi connectivity index (χ4n) is 1.88. The van der Waals surface area contributed by atoms with Crippen molar-refractivity contribution in [2.24, 2.45) is 0 Å². The van der Waals surface area contributed by atoms with E-state index in [0.29, 0.717) is 0 Å². The average molecular weight is 232 g/mol. The smallest absolute Gasteiger partial charge is 0.222 e. The SMILES string of the molecule is CC1=Cc2cnc(NCCN(C)C)nc2CC1. The number of fused-ring (bicyclic) bond motifs is 1. The molecule has 1 aromatic rings. The van der Waals surface area contributed by atoms with Gasteiger partial charge < -0.3 is 10.2 Å². The van der Waals surface area contributed by atoms with Crippen LogP contribution in [0.3, 0.4) is 0 Å². The van der Waals surface area contributed by atoms with Gasteiger partial charge in [0.2, 0.25) is 5.95 Å². The zero-order valence-electron chi connectivity index (χ0n) is 10.8. The van der Waals surface area contributed by atoms with Crippen LogP contribution in [0.1, 0.15) is 24.6 Å². The number of rotatable bonds is 4. The Morgan fingerprint density at radius 1 is 1.35 bits per heavy atom. The van der Waals surface area contributed by atoms with Crippen molar-refractivity contribution >= 4 is 12.0 Å².